The highest BCUT2D eigenvalue weighted by atomic mass is 16.3. The van der Waals surface area contributed by atoms with E-state index in [1.54, 1.807) is 16.8 Å². The maximum Gasteiger partial charge on any atom is 0.252 e. The van der Waals surface area contributed by atoms with Crippen molar-refractivity contribution >= 4 is 17.5 Å². The number of furan rings is 1. The van der Waals surface area contributed by atoms with Crippen molar-refractivity contribution in [2.45, 2.75) is 40.7 Å². The van der Waals surface area contributed by atoms with E-state index < -0.39 is 0 Å². The van der Waals surface area contributed by atoms with Crippen LogP contribution in [0.4, 0.5) is 5.82 Å². The van der Waals surface area contributed by atoms with Gasteiger partial charge in [0.1, 0.15) is 17.6 Å². The number of aryl methyl sites for hydroxylation is 2. The minimum absolute atomic E-state index is 0.0310. The lowest BCUT2D eigenvalue weighted by Gasteiger charge is -2.11. The molecule has 0 fully saturated rings. The number of anilines is 1. The van der Waals surface area contributed by atoms with Crippen LogP contribution in [0.25, 0.3) is 5.78 Å². The predicted octanol–water partition coefficient (Wildman–Crippen LogP) is 2.85. The number of aromatic nitrogens is 5. The molecule has 30 heavy (non-hydrogen) atoms. The van der Waals surface area contributed by atoms with Crippen molar-refractivity contribution in [1.82, 2.24) is 24.1 Å². The first-order valence-electron chi connectivity index (χ1n) is 9.49. The summed E-state index contributed by atoms with van der Waals surface area (Å²) in [6.07, 6.45) is 1.56. The lowest BCUT2D eigenvalue weighted by atomic mass is 10.2. The van der Waals surface area contributed by atoms with Gasteiger partial charge in [0.15, 0.2) is 5.82 Å². The van der Waals surface area contributed by atoms with E-state index in [0.717, 1.165) is 28.4 Å². The van der Waals surface area contributed by atoms with Crippen molar-refractivity contribution in [3.63, 3.8) is 0 Å². The van der Waals surface area contributed by atoms with E-state index in [-0.39, 0.29) is 12.3 Å². The smallest absolute Gasteiger partial charge is 0.252 e. The van der Waals surface area contributed by atoms with Crippen molar-refractivity contribution in [3.8, 4) is 6.07 Å². The second kappa shape index (κ2) is 7.48. The number of rotatable bonds is 5. The topological polar surface area (TPSA) is 114 Å². The molecule has 9 heteroatoms. The van der Waals surface area contributed by atoms with E-state index in [9.17, 15) is 10.1 Å². The summed E-state index contributed by atoms with van der Waals surface area (Å²) >= 11 is 0. The van der Waals surface area contributed by atoms with Gasteiger partial charge in [0.05, 0.1) is 24.8 Å². The highest BCUT2D eigenvalue weighted by Crippen LogP contribution is 2.27. The Morgan fingerprint density at radius 1 is 1.27 bits per heavy atom. The van der Waals surface area contributed by atoms with Crippen LogP contribution in [0.2, 0.25) is 0 Å². The number of nitrogens with one attached hydrogen (secondary N) is 1. The van der Waals surface area contributed by atoms with Crippen molar-refractivity contribution in [1.29, 1.82) is 5.26 Å². The normalized spacial score (nSPS) is 11.0. The van der Waals surface area contributed by atoms with Crippen molar-refractivity contribution in [2.24, 2.45) is 0 Å². The molecule has 0 atom stereocenters. The van der Waals surface area contributed by atoms with Gasteiger partial charge in [0, 0.05) is 17.1 Å². The molecule has 0 saturated heterocycles. The molecule has 4 rings (SSSR count). The van der Waals surface area contributed by atoms with Gasteiger partial charge in [-0.05, 0) is 51.5 Å². The zero-order valence-electron chi connectivity index (χ0n) is 17.2. The fourth-order valence-corrected chi connectivity index (χ4v) is 3.49. The first-order chi connectivity index (χ1) is 14.4. The van der Waals surface area contributed by atoms with Crippen molar-refractivity contribution in [2.75, 3.05) is 5.32 Å². The predicted molar refractivity (Wildman–Crippen MR) is 109 cm³/mol. The molecule has 152 valence electrons. The standard InChI is InChI=1S/C21H21N7O2/c1-12-8-13(2)28-21(23-12)24-18(26-28)9-19(29)25-20-17(10-22)14(3)15(4)27(20)11-16-6-5-7-30-16/h5-8H,9,11H2,1-4H3,(H,25,29). The molecule has 0 radical (unpaired) electrons. The van der Waals surface area contributed by atoms with Crippen LogP contribution in [-0.2, 0) is 17.8 Å². The van der Waals surface area contributed by atoms with Crippen LogP contribution < -0.4 is 5.32 Å². The third kappa shape index (κ3) is 3.43. The van der Waals surface area contributed by atoms with E-state index in [1.165, 1.54) is 0 Å². The minimum atomic E-state index is -0.310. The number of hydrogen-bond donors (Lipinski definition) is 1. The summed E-state index contributed by atoms with van der Waals surface area (Å²) in [5.41, 5.74) is 3.87. The van der Waals surface area contributed by atoms with Gasteiger partial charge in [-0.3, -0.25) is 4.79 Å². The maximum atomic E-state index is 12.8. The fraction of sp³-hybridized carbons (Fsp3) is 0.286. The van der Waals surface area contributed by atoms with Crippen molar-refractivity contribution < 1.29 is 9.21 Å². The van der Waals surface area contributed by atoms with E-state index in [4.69, 9.17) is 4.42 Å². The summed E-state index contributed by atoms with van der Waals surface area (Å²) in [5, 5.41) is 16.9. The van der Waals surface area contributed by atoms with Crippen LogP contribution in [0.1, 0.15) is 39.8 Å². The average Bonchev–Trinajstić information content (AvgIpc) is 3.38. The summed E-state index contributed by atoms with van der Waals surface area (Å²) in [6.45, 7) is 7.98. The lowest BCUT2D eigenvalue weighted by Crippen LogP contribution is -2.19. The first-order valence-corrected chi connectivity index (χ1v) is 9.49. The van der Waals surface area contributed by atoms with Crippen LogP contribution in [0, 0.1) is 39.0 Å². The summed E-state index contributed by atoms with van der Waals surface area (Å²) in [7, 11) is 0. The second-order valence-corrected chi connectivity index (χ2v) is 7.22. The summed E-state index contributed by atoms with van der Waals surface area (Å²) in [6, 6.07) is 7.75. The molecule has 1 amide bonds. The SMILES string of the molecule is Cc1cc(C)n2nc(CC(=O)Nc3c(C#N)c(C)c(C)n3Cc3ccco3)nc2n1. The summed E-state index contributed by atoms with van der Waals surface area (Å²) in [5.74, 6) is 1.69. The Kier molecular flexibility index (Phi) is 4.83. The molecular weight excluding hydrogens is 382 g/mol. The van der Waals surface area contributed by atoms with Gasteiger partial charge in [-0.2, -0.15) is 10.2 Å². The highest BCUT2D eigenvalue weighted by Gasteiger charge is 2.21. The summed E-state index contributed by atoms with van der Waals surface area (Å²) in [4.78, 5) is 21.5. The molecule has 9 nitrogen and oxygen atoms in total. The van der Waals surface area contributed by atoms with E-state index >= 15 is 0 Å². The molecule has 1 N–H and O–H groups in total. The number of amides is 1. The van der Waals surface area contributed by atoms with E-state index in [0.29, 0.717) is 29.5 Å². The van der Waals surface area contributed by atoms with Gasteiger partial charge >= 0.3 is 0 Å². The average molecular weight is 403 g/mol. The van der Waals surface area contributed by atoms with Gasteiger partial charge in [0.25, 0.3) is 5.78 Å². The van der Waals surface area contributed by atoms with Crippen molar-refractivity contribution in [3.05, 3.63) is 64.3 Å². The summed E-state index contributed by atoms with van der Waals surface area (Å²) < 4.78 is 8.93. The molecule has 0 bridgehead atoms. The molecule has 0 aliphatic carbocycles. The number of hydrogen-bond acceptors (Lipinski definition) is 6. The van der Waals surface area contributed by atoms with Crippen LogP contribution in [0.5, 0.6) is 0 Å². The molecule has 0 saturated carbocycles. The van der Waals surface area contributed by atoms with Crippen LogP contribution in [0.3, 0.4) is 0 Å². The molecule has 4 aromatic rings. The Bertz CT molecular complexity index is 1290. The van der Waals surface area contributed by atoms with E-state index in [2.05, 4.69) is 26.5 Å². The maximum absolute atomic E-state index is 12.8. The molecule has 4 aromatic heterocycles. The zero-order valence-corrected chi connectivity index (χ0v) is 17.2. The Morgan fingerprint density at radius 3 is 2.77 bits per heavy atom. The number of carbonyl (C=O) groups excluding carboxylic acids is 1. The molecule has 4 heterocycles. The van der Waals surface area contributed by atoms with Gasteiger partial charge < -0.3 is 14.3 Å². The van der Waals surface area contributed by atoms with Gasteiger partial charge in [-0.15, -0.1) is 5.10 Å². The van der Waals surface area contributed by atoms with Crippen LogP contribution >= 0.6 is 0 Å². The van der Waals surface area contributed by atoms with Gasteiger partial charge in [0.2, 0.25) is 5.91 Å². The zero-order chi connectivity index (χ0) is 21.4. The Labute approximate surface area is 173 Å². The quantitative estimate of drug-likeness (QED) is 0.548. The Hall–Kier alpha value is -3.93. The monoisotopic (exact) mass is 403 g/mol. The van der Waals surface area contributed by atoms with E-state index in [1.807, 2.05) is 44.4 Å². The minimum Gasteiger partial charge on any atom is -0.467 e. The fourth-order valence-electron chi connectivity index (χ4n) is 3.49. The van der Waals surface area contributed by atoms with Gasteiger partial charge in [-0.1, -0.05) is 0 Å². The number of carbonyl (C=O) groups is 1. The molecular formula is C21H21N7O2. The van der Waals surface area contributed by atoms with Crippen LogP contribution in [-0.4, -0.2) is 30.1 Å². The largest absolute Gasteiger partial charge is 0.467 e. The molecule has 0 aromatic carbocycles. The Balaban J connectivity index is 1.62. The molecule has 0 aliphatic heterocycles. The number of fused-ring (bicyclic) bond motifs is 1. The second-order valence-electron chi connectivity index (χ2n) is 7.22. The first kappa shape index (κ1) is 19.4. The number of nitrogens with zero attached hydrogens (tertiary/aromatic N) is 6. The third-order valence-corrected chi connectivity index (χ3v) is 5.07. The lowest BCUT2D eigenvalue weighted by molar-refractivity contribution is -0.115. The highest BCUT2D eigenvalue weighted by molar-refractivity contribution is 5.93. The van der Waals surface area contributed by atoms with Crippen LogP contribution in [0.15, 0.2) is 28.9 Å². The molecule has 0 unspecified atom stereocenters. The molecule has 0 spiro atoms. The Morgan fingerprint density at radius 2 is 2.07 bits per heavy atom. The van der Waals surface area contributed by atoms with Gasteiger partial charge in [-0.25, -0.2) is 9.50 Å². The molecule has 0 aliphatic rings. The third-order valence-electron chi connectivity index (χ3n) is 5.07. The number of nitriles is 1.